The quantitative estimate of drug-likeness (QED) is 0.700. The first kappa shape index (κ1) is 15.6. The molecule has 0 saturated heterocycles. The van der Waals surface area contributed by atoms with Gasteiger partial charge in [-0.3, -0.25) is 4.79 Å². The summed E-state index contributed by atoms with van der Waals surface area (Å²) in [5, 5.41) is 0. The second kappa shape index (κ2) is 6.35. The van der Waals surface area contributed by atoms with Crippen molar-refractivity contribution in [3.8, 4) is 0 Å². The van der Waals surface area contributed by atoms with Crippen LogP contribution in [0.5, 0.6) is 0 Å². The molecule has 1 atom stereocenters. The van der Waals surface area contributed by atoms with Gasteiger partial charge in [0.1, 0.15) is 5.78 Å². The number of Topliss-reactive ketones (excluding diaryl/α,β-unsaturated/α-hetero) is 1. The molecule has 0 radical (unpaired) electrons. The number of sulfone groups is 1. The van der Waals surface area contributed by atoms with Crippen LogP contribution in [-0.2, 0) is 14.6 Å². The number of rotatable bonds is 8. The van der Waals surface area contributed by atoms with Crippen molar-refractivity contribution in [2.24, 2.45) is 11.1 Å². The molecule has 0 aliphatic rings. The molecule has 2 N–H and O–H groups in total. The monoisotopic (exact) mass is 249 g/mol. The molecule has 0 aromatic rings. The number of nitrogens with two attached hydrogens (primary N) is 1. The van der Waals surface area contributed by atoms with E-state index in [9.17, 15) is 13.2 Å². The first-order chi connectivity index (χ1) is 7.31. The van der Waals surface area contributed by atoms with Gasteiger partial charge in [0, 0.05) is 24.1 Å². The molecule has 0 amide bonds. The van der Waals surface area contributed by atoms with Crippen LogP contribution in [0.2, 0.25) is 0 Å². The van der Waals surface area contributed by atoms with Crippen molar-refractivity contribution in [1.29, 1.82) is 0 Å². The SMILES string of the molecule is CCCS(=O)(=O)CCC(=O)C(C)(CC)CN. The molecule has 96 valence electrons. The van der Waals surface area contributed by atoms with E-state index in [4.69, 9.17) is 5.73 Å². The second-order valence-electron chi connectivity index (χ2n) is 4.44. The Balaban J connectivity index is 4.38. The number of hydrogen-bond acceptors (Lipinski definition) is 4. The fourth-order valence-corrected chi connectivity index (χ4v) is 2.74. The van der Waals surface area contributed by atoms with E-state index < -0.39 is 15.3 Å². The van der Waals surface area contributed by atoms with Gasteiger partial charge in [-0.1, -0.05) is 20.8 Å². The lowest BCUT2D eigenvalue weighted by Gasteiger charge is -2.24. The standard InChI is InChI=1S/C11H23NO3S/c1-4-7-16(14,15)8-6-10(13)11(3,5-2)9-12/h4-9,12H2,1-3H3. The largest absolute Gasteiger partial charge is 0.329 e. The van der Waals surface area contributed by atoms with Gasteiger partial charge in [0.05, 0.1) is 5.75 Å². The lowest BCUT2D eigenvalue weighted by atomic mass is 9.82. The predicted octanol–water partition coefficient (Wildman–Crippen LogP) is 1.15. The maximum Gasteiger partial charge on any atom is 0.150 e. The number of carbonyl (C=O) groups is 1. The van der Waals surface area contributed by atoms with Gasteiger partial charge in [-0.05, 0) is 12.8 Å². The number of carbonyl (C=O) groups excluding carboxylic acids is 1. The zero-order valence-electron chi connectivity index (χ0n) is 10.5. The summed E-state index contributed by atoms with van der Waals surface area (Å²) in [7, 11) is -3.07. The van der Waals surface area contributed by atoms with Crippen molar-refractivity contribution in [1.82, 2.24) is 0 Å². The molecule has 0 fully saturated rings. The summed E-state index contributed by atoms with van der Waals surface area (Å²) in [6.45, 7) is 5.78. The predicted molar refractivity (Wildman–Crippen MR) is 66.0 cm³/mol. The number of ketones is 1. The van der Waals surface area contributed by atoms with Gasteiger partial charge in [0.2, 0.25) is 0 Å². The summed E-state index contributed by atoms with van der Waals surface area (Å²) in [6, 6.07) is 0. The maximum absolute atomic E-state index is 11.8. The maximum atomic E-state index is 11.8. The van der Waals surface area contributed by atoms with E-state index in [1.54, 1.807) is 6.92 Å². The third kappa shape index (κ3) is 4.61. The molecule has 0 heterocycles. The average molecular weight is 249 g/mol. The van der Waals surface area contributed by atoms with E-state index in [2.05, 4.69) is 0 Å². The molecule has 0 aromatic carbocycles. The van der Waals surface area contributed by atoms with E-state index in [-0.39, 0.29) is 30.3 Å². The number of hydrogen-bond donors (Lipinski definition) is 1. The van der Waals surface area contributed by atoms with Gasteiger partial charge in [0.25, 0.3) is 0 Å². The third-order valence-corrected chi connectivity index (χ3v) is 4.92. The highest BCUT2D eigenvalue weighted by atomic mass is 32.2. The Labute approximate surface area is 98.5 Å². The highest BCUT2D eigenvalue weighted by Crippen LogP contribution is 2.22. The van der Waals surface area contributed by atoms with E-state index in [1.165, 1.54) is 0 Å². The molecular formula is C11H23NO3S. The minimum atomic E-state index is -3.07. The average Bonchev–Trinajstić information content (AvgIpc) is 2.24. The molecule has 0 saturated carbocycles. The van der Waals surface area contributed by atoms with Crippen molar-refractivity contribution in [3.05, 3.63) is 0 Å². The van der Waals surface area contributed by atoms with E-state index in [0.717, 1.165) is 0 Å². The second-order valence-corrected chi connectivity index (χ2v) is 6.75. The summed E-state index contributed by atoms with van der Waals surface area (Å²) in [4.78, 5) is 11.8. The lowest BCUT2D eigenvalue weighted by molar-refractivity contribution is -0.127. The van der Waals surface area contributed by atoms with Crippen LogP contribution in [0.1, 0.15) is 40.0 Å². The van der Waals surface area contributed by atoms with E-state index in [1.807, 2.05) is 13.8 Å². The van der Waals surface area contributed by atoms with Crippen molar-refractivity contribution in [2.75, 3.05) is 18.1 Å². The Morgan fingerprint density at radius 1 is 1.25 bits per heavy atom. The van der Waals surface area contributed by atoms with E-state index >= 15 is 0 Å². The molecule has 0 spiro atoms. The van der Waals surface area contributed by atoms with E-state index in [0.29, 0.717) is 12.8 Å². The molecular weight excluding hydrogens is 226 g/mol. The van der Waals surface area contributed by atoms with Crippen molar-refractivity contribution >= 4 is 15.6 Å². The Bertz CT molecular complexity index is 318. The fourth-order valence-electron chi connectivity index (χ4n) is 1.42. The van der Waals surface area contributed by atoms with Crippen LogP contribution >= 0.6 is 0 Å². The minimum Gasteiger partial charge on any atom is -0.329 e. The first-order valence-corrected chi connectivity index (χ1v) is 7.57. The van der Waals surface area contributed by atoms with Crippen molar-refractivity contribution in [2.45, 2.75) is 40.0 Å². The topological polar surface area (TPSA) is 77.2 Å². The minimum absolute atomic E-state index is 0.0443. The van der Waals surface area contributed by atoms with Crippen LogP contribution in [0.3, 0.4) is 0 Å². The molecule has 0 aliphatic carbocycles. The molecule has 4 nitrogen and oxygen atoms in total. The van der Waals surface area contributed by atoms with Crippen LogP contribution in [-0.4, -0.2) is 32.3 Å². The molecule has 0 aromatic heterocycles. The van der Waals surface area contributed by atoms with Gasteiger partial charge in [0.15, 0.2) is 9.84 Å². The Hall–Kier alpha value is -0.420. The molecule has 0 aliphatic heterocycles. The van der Waals surface area contributed by atoms with Crippen LogP contribution in [0.25, 0.3) is 0 Å². The highest BCUT2D eigenvalue weighted by Gasteiger charge is 2.29. The smallest absolute Gasteiger partial charge is 0.150 e. The normalized spacial score (nSPS) is 15.8. The molecule has 16 heavy (non-hydrogen) atoms. The summed E-state index contributed by atoms with van der Waals surface area (Å²) in [5.41, 5.74) is 4.98. The zero-order valence-corrected chi connectivity index (χ0v) is 11.3. The summed E-state index contributed by atoms with van der Waals surface area (Å²) in [5.74, 6) is 0.0678. The molecule has 0 bridgehead atoms. The van der Waals surface area contributed by atoms with Crippen molar-refractivity contribution < 1.29 is 13.2 Å². The van der Waals surface area contributed by atoms with Crippen LogP contribution < -0.4 is 5.73 Å². The lowest BCUT2D eigenvalue weighted by Crippen LogP contribution is -2.36. The molecule has 5 heteroatoms. The Morgan fingerprint density at radius 3 is 2.19 bits per heavy atom. The van der Waals surface area contributed by atoms with Crippen LogP contribution in [0, 0.1) is 5.41 Å². The van der Waals surface area contributed by atoms with Gasteiger partial charge in [-0.2, -0.15) is 0 Å². The van der Waals surface area contributed by atoms with Crippen LogP contribution in [0.15, 0.2) is 0 Å². The van der Waals surface area contributed by atoms with Gasteiger partial charge in [-0.15, -0.1) is 0 Å². The van der Waals surface area contributed by atoms with Crippen LogP contribution in [0.4, 0.5) is 0 Å². The Morgan fingerprint density at radius 2 is 1.81 bits per heavy atom. The fraction of sp³-hybridized carbons (Fsp3) is 0.909. The highest BCUT2D eigenvalue weighted by molar-refractivity contribution is 7.91. The Kier molecular flexibility index (Phi) is 6.18. The van der Waals surface area contributed by atoms with Gasteiger partial charge < -0.3 is 5.73 Å². The zero-order chi connectivity index (χ0) is 12.8. The summed E-state index contributed by atoms with van der Waals surface area (Å²) < 4.78 is 22.9. The summed E-state index contributed by atoms with van der Waals surface area (Å²) in [6.07, 6.45) is 1.33. The van der Waals surface area contributed by atoms with Crippen molar-refractivity contribution in [3.63, 3.8) is 0 Å². The first-order valence-electron chi connectivity index (χ1n) is 5.75. The van der Waals surface area contributed by atoms with Gasteiger partial charge in [-0.25, -0.2) is 8.42 Å². The molecule has 0 rings (SSSR count). The third-order valence-electron chi connectivity index (χ3n) is 3.06. The van der Waals surface area contributed by atoms with Gasteiger partial charge >= 0.3 is 0 Å². The molecule has 1 unspecified atom stereocenters. The summed E-state index contributed by atoms with van der Waals surface area (Å²) >= 11 is 0.